The molecule has 0 aliphatic rings. The number of carbonyl (C=O) groups excluding carboxylic acids is 2. The molecule has 2 aromatic carbocycles. The van der Waals surface area contributed by atoms with Crippen LogP contribution < -0.4 is 10.6 Å². The van der Waals surface area contributed by atoms with Crippen molar-refractivity contribution in [2.24, 2.45) is 0 Å². The second kappa shape index (κ2) is 8.68. The lowest BCUT2D eigenvalue weighted by Gasteiger charge is -2.07. The molecular weight excluding hydrogens is 340 g/mol. The first-order chi connectivity index (χ1) is 13.2. The molecule has 6 heteroatoms. The van der Waals surface area contributed by atoms with Gasteiger partial charge in [-0.2, -0.15) is 5.26 Å². The largest absolute Gasteiger partial charge is 0.361 e. The summed E-state index contributed by atoms with van der Waals surface area (Å²) in [6.07, 6.45) is 3.68. The van der Waals surface area contributed by atoms with E-state index in [4.69, 9.17) is 5.26 Å². The fraction of sp³-hybridized carbons (Fsp3) is 0.190. The van der Waals surface area contributed by atoms with Crippen LogP contribution in [0, 0.1) is 11.3 Å². The van der Waals surface area contributed by atoms with Gasteiger partial charge in [0.2, 0.25) is 5.91 Å². The summed E-state index contributed by atoms with van der Waals surface area (Å²) in [6, 6.07) is 16.4. The number of para-hydroxylation sites is 1. The number of nitriles is 1. The van der Waals surface area contributed by atoms with Crippen molar-refractivity contribution >= 4 is 22.7 Å². The van der Waals surface area contributed by atoms with Gasteiger partial charge in [-0.3, -0.25) is 9.59 Å². The molecule has 1 aromatic heterocycles. The molecule has 0 aliphatic carbocycles. The molecule has 2 amide bonds. The highest BCUT2D eigenvalue weighted by molar-refractivity contribution is 5.96. The Morgan fingerprint density at radius 2 is 1.81 bits per heavy atom. The Balaban J connectivity index is 1.38. The summed E-state index contributed by atoms with van der Waals surface area (Å²) in [7, 11) is 0. The number of aromatic nitrogens is 1. The minimum atomic E-state index is -0.339. The van der Waals surface area contributed by atoms with E-state index in [1.807, 2.05) is 30.5 Å². The predicted molar refractivity (Wildman–Crippen MR) is 103 cm³/mol. The van der Waals surface area contributed by atoms with E-state index in [9.17, 15) is 9.59 Å². The summed E-state index contributed by atoms with van der Waals surface area (Å²) in [5, 5.41) is 15.3. The molecule has 6 nitrogen and oxygen atoms in total. The number of fused-ring (bicyclic) bond motifs is 1. The number of nitrogens with zero attached hydrogens (tertiary/aromatic N) is 1. The van der Waals surface area contributed by atoms with Gasteiger partial charge in [-0.25, -0.2) is 0 Å². The standard InChI is InChI=1S/C21H20N4O2/c22-12-15-7-9-16(10-8-15)21(27)25-14-20(26)23-11-3-4-17-13-24-19-6-2-1-5-18(17)19/h1-2,5-10,13,24H,3-4,11,14H2,(H,23,26)(H,25,27). The Hall–Kier alpha value is -3.59. The SMILES string of the molecule is N#Cc1ccc(C(=O)NCC(=O)NCCCc2c[nH]c3ccccc23)cc1. The quantitative estimate of drug-likeness (QED) is 0.565. The highest BCUT2D eigenvalue weighted by Gasteiger charge is 2.08. The topological polar surface area (TPSA) is 97.8 Å². The molecule has 0 bridgehead atoms. The molecule has 0 atom stereocenters. The van der Waals surface area contributed by atoms with Crippen molar-refractivity contribution in [2.45, 2.75) is 12.8 Å². The Bertz CT molecular complexity index is 983. The van der Waals surface area contributed by atoms with Crippen molar-refractivity contribution < 1.29 is 9.59 Å². The van der Waals surface area contributed by atoms with Gasteiger partial charge in [0, 0.05) is 29.2 Å². The zero-order valence-electron chi connectivity index (χ0n) is 14.8. The zero-order valence-corrected chi connectivity index (χ0v) is 14.8. The van der Waals surface area contributed by atoms with Crippen molar-refractivity contribution in [1.82, 2.24) is 15.6 Å². The van der Waals surface area contributed by atoms with Gasteiger partial charge in [0.05, 0.1) is 18.2 Å². The third-order valence-corrected chi connectivity index (χ3v) is 4.31. The Kier molecular flexibility index (Phi) is 5.85. The fourth-order valence-corrected chi connectivity index (χ4v) is 2.87. The first kappa shape index (κ1) is 18.2. The van der Waals surface area contributed by atoms with E-state index in [0.29, 0.717) is 17.7 Å². The maximum absolute atomic E-state index is 12.0. The van der Waals surface area contributed by atoms with E-state index in [1.54, 1.807) is 24.3 Å². The van der Waals surface area contributed by atoms with Crippen molar-refractivity contribution in [3.8, 4) is 6.07 Å². The molecule has 136 valence electrons. The smallest absolute Gasteiger partial charge is 0.251 e. The normalized spacial score (nSPS) is 10.3. The molecule has 1 heterocycles. The van der Waals surface area contributed by atoms with Crippen LogP contribution >= 0.6 is 0 Å². The third-order valence-electron chi connectivity index (χ3n) is 4.31. The maximum Gasteiger partial charge on any atom is 0.251 e. The monoisotopic (exact) mass is 360 g/mol. The predicted octanol–water partition coefficient (Wildman–Crippen LogP) is 2.52. The van der Waals surface area contributed by atoms with Gasteiger partial charge in [-0.05, 0) is 48.7 Å². The number of aryl methyl sites for hydroxylation is 1. The molecule has 27 heavy (non-hydrogen) atoms. The molecule has 3 aromatic rings. The summed E-state index contributed by atoms with van der Waals surface area (Å²) in [5.41, 5.74) is 3.25. The van der Waals surface area contributed by atoms with E-state index >= 15 is 0 Å². The number of hydrogen-bond donors (Lipinski definition) is 3. The van der Waals surface area contributed by atoms with Crippen LogP contribution in [-0.2, 0) is 11.2 Å². The Labute approximate surface area is 157 Å². The number of amides is 2. The Morgan fingerprint density at radius 1 is 1.04 bits per heavy atom. The molecule has 0 spiro atoms. The minimum Gasteiger partial charge on any atom is -0.361 e. The van der Waals surface area contributed by atoms with Gasteiger partial charge in [-0.15, -0.1) is 0 Å². The van der Waals surface area contributed by atoms with Crippen LogP contribution in [0.3, 0.4) is 0 Å². The molecular formula is C21H20N4O2. The highest BCUT2D eigenvalue weighted by Crippen LogP contribution is 2.18. The number of hydrogen-bond acceptors (Lipinski definition) is 3. The van der Waals surface area contributed by atoms with Crippen LogP contribution in [0.15, 0.2) is 54.7 Å². The molecule has 3 N–H and O–H groups in total. The lowest BCUT2D eigenvalue weighted by molar-refractivity contribution is -0.120. The number of nitrogens with one attached hydrogen (secondary N) is 3. The average molecular weight is 360 g/mol. The number of benzene rings is 2. The van der Waals surface area contributed by atoms with E-state index in [1.165, 1.54) is 10.9 Å². The number of aromatic amines is 1. The third kappa shape index (κ3) is 4.73. The van der Waals surface area contributed by atoms with Crippen LogP contribution in [0.5, 0.6) is 0 Å². The van der Waals surface area contributed by atoms with Crippen molar-refractivity contribution in [2.75, 3.05) is 13.1 Å². The summed E-state index contributed by atoms with van der Waals surface area (Å²) in [4.78, 5) is 27.1. The lowest BCUT2D eigenvalue weighted by Crippen LogP contribution is -2.37. The van der Waals surface area contributed by atoms with Gasteiger partial charge in [-0.1, -0.05) is 18.2 Å². The van der Waals surface area contributed by atoms with Crippen molar-refractivity contribution in [3.63, 3.8) is 0 Å². The van der Waals surface area contributed by atoms with Gasteiger partial charge in [0.25, 0.3) is 5.91 Å². The molecule has 0 aliphatic heterocycles. The molecule has 0 saturated heterocycles. The molecule has 0 unspecified atom stereocenters. The molecule has 0 saturated carbocycles. The van der Waals surface area contributed by atoms with E-state index < -0.39 is 0 Å². The molecule has 3 rings (SSSR count). The van der Waals surface area contributed by atoms with Gasteiger partial charge < -0.3 is 15.6 Å². The van der Waals surface area contributed by atoms with Crippen LogP contribution in [-0.4, -0.2) is 29.9 Å². The highest BCUT2D eigenvalue weighted by atomic mass is 16.2. The number of H-pyrrole nitrogens is 1. The molecule has 0 fully saturated rings. The zero-order chi connectivity index (χ0) is 19.1. The summed E-state index contributed by atoms with van der Waals surface area (Å²) in [6.45, 7) is 0.469. The minimum absolute atomic E-state index is 0.0775. The van der Waals surface area contributed by atoms with Gasteiger partial charge >= 0.3 is 0 Å². The number of carbonyl (C=O) groups is 2. The summed E-state index contributed by atoms with van der Waals surface area (Å²) >= 11 is 0. The second-order valence-corrected chi connectivity index (χ2v) is 6.18. The van der Waals surface area contributed by atoms with Crippen LogP contribution in [0.2, 0.25) is 0 Å². The van der Waals surface area contributed by atoms with Gasteiger partial charge in [0.15, 0.2) is 0 Å². The first-order valence-corrected chi connectivity index (χ1v) is 8.77. The Morgan fingerprint density at radius 3 is 2.59 bits per heavy atom. The van der Waals surface area contributed by atoms with E-state index in [2.05, 4.69) is 21.7 Å². The first-order valence-electron chi connectivity index (χ1n) is 8.77. The second-order valence-electron chi connectivity index (χ2n) is 6.18. The summed E-state index contributed by atoms with van der Waals surface area (Å²) < 4.78 is 0. The van der Waals surface area contributed by atoms with Crippen LogP contribution in [0.1, 0.15) is 27.9 Å². The van der Waals surface area contributed by atoms with Gasteiger partial charge in [0.1, 0.15) is 0 Å². The van der Waals surface area contributed by atoms with Crippen molar-refractivity contribution in [3.05, 3.63) is 71.4 Å². The fourth-order valence-electron chi connectivity index (χ4n) is 2.87. The number of rotatable bonds is 7. The molecule has 0 radical (unpaired) electrons. The average Bonchev–Trinajstić information content (AvgIpc) is 3.12. The van der Waals surface area contributed by atoms with E-state index in [-0.39, 0.29) is 18.4 Å². The van der Waals surface area contributed by atoms with Crippen molar-refractivity contribution in [1.29, 1.82) is 5.26 Å². The maximum atomic E-state index is 12.0. The summed E-state index contributed by atoms with van der Waals surface area (Å²) in [5.74, 6) is -0.565. The lowest BCUT2D eigenvalue weighted by atomic mass is 10.1. The van der Waals surface area contributed by atoms with E-state index in [0.717, 1.165) is 18.4 Å². The van der Waals surface area contributed by atoms with Crippen LogP contribution in [0.4, 0.5) is 0 Å². The van der Waals surface area contributed by atoms with Crippen LogP contribution in [0.25, 0.3) is 10.9 Å².